The van der Waals surface area contributed by atoms with E-state index in [-0.39, 0.29) is 12.4 Å². The smallest absolute Gasteiger partial charge is 0.388 e. The third-order valence-corrected chi connectivity index (χ3v) is 3.14. The molecule has 2 aromatic rings. The van der Waals surface area contributed by atoms with Crippen molar-refractivity contribution in [1.29, 1.82) is 0 Å². The topological polar surface area (TPSA) is 97.4 Å². The van der Waals surface area contributed by atoms with Crippen molar-refractivity contribution in [2.75, 3.05) is 13.1 Å². The standard InChI is InChI=1S/C13H11FN4O4/c14-9-3-1-8(2-4-9)11-16-18(13(21)22-11)7-10(19)17-6-5-15-12(17)20/h1-4H,5-7H2,(H,15,20). The summed E-state index contributed by atoms with van der Waals surface area (Å²) >= 11 is 0. The molecule has 0 radical (unpaired) electrons. The Labute approximate surface area is 123 Å². The lowest BCUT2D eigenvalue weighted by Crippen LogP contribution is -2.38. The van der Waals surface area contributed by atoms with Crippen molar-refractivity contribution in [2.24, 2.45) is 0 Å². The molecular weight excluding hydrogens is 295 g/mol. The van der Waals surface area contributed by atoms with Gasteiger partial charge < -0.3 is 9.73 Å². The first-order valence-corrected chi connectivity index (χ1v) is 6.46. The molecule has 0 spiro atoms. The van der Waals surface area contributed by atoms with Crippen molar-refractivity contribution in [3.8, 4) is 11.5 Å². The van der Waals surface area contributed by atoms with E-state index in [1.807, 2.05) is 0 Å². The van der Waals surface area contributed by atoms with Gasteiger partial charge in [0.15, 0.2) is 0 Å². The summed E-state index contributed by atoms with van der Waals surface area (Å²) in [7, 11) is 0. The van der Waals surface area contributed by atoms with Crippen LogP contribution in [-0.4, -0.2) is 39.7 Å². The maximum absolute atomic E-state index is 12.9. The van der Waals surface area contributed by atoms with Gasteiger partial charge >= 0.3 is 11.8 Å². The summed E-state index contributed by atoms with van der Waals surface area (Å²) in [6, 6.07) is 4.71. The molecule has 8 nitrogen and oxygen atoms in total. The van der Waals surface area contributed by atoms with Crippen LogP contribution in [0.25, 0.3) is 11.5 Å². The maximum Gasteiger partial charge on any atom is 0.437 e. The molecule has 3 amide bonds. The van der Waals surface area contributed by atoms with Gasteiger partial charge in [-0.1, -0.05) is 0 Å². The van der Waals surface area contributed by atoms with Gasteiger partial charge in [-0.3, -0.25) is 9.69 Å². The van der Waals surface area contributed by atoms with E-state index in [0.29, 0.717) is 12.1 Å². The number of imide groups is 1. The molecular formula is C13H11FN4O4. The molecule has 1 saturated heterocycles. The lowest BCUT2D eigenvalue weighted by molar-refractivity contribution is -0.128. The molecule has 1 aromatic carbocycles. The van der Waals surface area contributed by atoms with Crippen LogP contribution >= 0.6 is 0 Å². The fourth-order valence-electron chi connectivity index (χ4n) is 2.04. The molecule has 3 rings (SSSR count). The molecule has 9 heteroatoms. The predicted molar refractivity (Wildman–Crippen MR) is 71.3 cm³/mol. The number of benzene rings is 1. The largest absolute Gasteiger partial charge is 0.437 e. The molecule has 1 fully saturated rings. The van der Waals surface area contributed by atoms with Gasteiger partial charge in [0.1, 0.15) is 12.4 Å². The Balaban J connectivity index is 1.80. The quantitative estimate of drug-likeness (QED) is 0.873. The van der Waals surface area contributed by atoms with Gasteiger partial charge in [0, 0.05) is 18.7 Å². The number of carbonyl (C=O) groups excluding carboxylic acids is 2. The fraction of sp³-hybridized carbons (Fsp3) is 0.231. The van der Waals surface area contributed by atoms with Gasteiger partial charge in [0.25, 0.3) is 5.91 Å². The highest BCUT2D eigenvalue weighted by molar-refractivity contribution is 5.95. The molecule has 0 atom stereocenters. The number of aromatic nitrogens is 2. The molecule has 0 unspecified atom stereocenters. The average Bonchev–Trinajstić information content (AvgIpc) is 3.06. The van der Waals surface area contributed by atoms with E-state index in [1.54, 1.807) is 0 Å². The van der Waals surface area contributed by atoms with Crippen LogP contribution in [0.5, 0.6) is 0 Å². The van der Waals surface area contributed by atoms with Gasteiger partial charge in [0.05, 0.1) is 0 Å². The Morgan fingerprint density at radius 1 is 1.32 bits per heavy atom. The minimum Gasteiger partial charge on any atom is -0.388 e. The Bertz CT molecular complexity index is 780. The summed E-state index contributed by atoms with van der Waals surface area (Å²) in [4.78, 5) is 36.0. The van der Waals surface area contributed by atoms with Gasteiger partial charge in [-0.25, -0.2) is 14.0 Å². The number of rotatable bonds is 3. The van der Waals surface area contributed by atoms with Crippen LogP contribution in [0.3, 0.4) is 0 Å². The van der Waals surface area contributed by atoms with Crippen LogP contribution in [0, 0.1) is 5.82 Å². The Hall–Kier alpha value is -2.97. The number of amides is 3. The van der Waals surface area contributed by atoms with Crippen LogP contribution < -0.4 is 11.1 Å². The molecule has 22 heavy (non-hydrogen) atoms. The monoisotopic (exact) mass is 306 g/mol. The lowest BCUT2D eigenvalue weighted by atomic mass is 10.2. The predicted octanol–water partition coefficient (Wildman–Crippen LogP) is 0.194. The average molecular weight is 306 g/mol. The van der Waals surface area contributed by atoms with Crippen molar-refractivity contribution in [2.45, 2.75) is 6.54 Å². The first kappa shape index (κ1) is 14.0. The van der Waals surface area contributed by atoms with Crippen molar-refractivity contribution in [3.63, 3.8) is 0 Å². The Kier molecular flexibility index (Phi) is 3.45. The number of nitrogens with one attached hydrogen (secondary N) is 1. The molecule has 1 aromatic heterocycles. The van der Waals surface area contributed by atoms with Crippen LogP contribution in [-0.2, 0) is 11.3 Å². The highest BCUT2D eigenvalue weighted by Gasteiger charge is 2.27. The summed E-state index contributed by atoms with van der Waals surface area (Å²) in [5, 5.41) is 6.37. The number of hydrogen-bond donors (Lipinski definition) is 1. The summed E-state index contributed by atoms with van der Waals surface area (Å²) in [5.41, 5.74) is 0.406. The summed E-state index contributed by atoms with van der Waals surface area (Å²) in [6.45, 7) is 0.213. The third-order valence-electron chi connectivity index (χ3n) is 3.14. The van der Waals surface area contributed by atoms with Crippen LogP contribution in [0.2, 0.25) is 0 Å². The van der Waals surface area contributed by atoms with Gasteiger partial charge in [-0.05, 0) is 24.3 Å². The van der Waals surface area contributed by atoms with Crippen molar-refractivity contribution in [1.82, 2.24) is 20.0 Å². The lowest BCUT2D eigenvalue weighted by Gasteiger charge is -2.10. The molecule has 1 N–H and O–H groups in total. The van der Waals surface area contributed by atoms with Crippen LogP contribution in [0.4, 0.5) is 9.18 Å². The second kappa shape index (κ2) is 5.43. The number of carbonyl (C=O) groups is 2. The molecule has 0 saturated carbocycles. The minimum atomic E-state index is -0.827. The summed E-state index contributed by atoms with van der Waals surface area (Å²) < 4.78 is 18.6. The first-order valence-electron chi connectivity index (χ1n) is 6.46. The summed E-state index contributed by atoms with van der Waals surface area (Å²) in [6.07, 6.45) is 0. The zero-order chi connectivity index (χ0) is 15.7. The van der Waals surface area contributed by atoms with E-state index in [0.717, 1.165) is 9.58 Å². The highest BCUT2D eigenvalue weighted by Crippen LogP contribution is 2.15. The van der Waals surface area contributed by atoms with Crippen molar-refractivity contribution >= 4 is 11.9 Å². The molecule has 0 aliphatic carbocycles. The number of halogens is 1. The third kappa shape index (κ3) is 2.60. The fourth-order valence-corrected chi connectivity index (χ4v) is 2.04. The number of urea groups is 1. The molecule has 0 bridgehead atoms. The first-order chi connectivity index (χ1) is 10.5. The normalized spacial score (nSPS) is 14.2. The van der Waals surface area contributed by atoms with E-state index in [9.17, 15) is 18.8 Å². The zero-order valence-corrected chi connectivity index (χ0v) is 11.3. The molecule has 1 aliphatic rings. The maximum atomic E-state index is 12.9. The second-order valence-electron chi connectivity index (χ2n) is 4.61. The van der Waals surface area contributed by atoms with Gasteiger partial charge in [0.2, 0.25) is 5.89 Å². The molecule has 2 heterocycles. The minimum absolute atomic E-state index is 0.0244. The second-order valence-corrected chi connectivity index (χ2v) is 4.61. The van der Waals surface area contributed by atoms with Gasteiger partial charge in [-0.2, -0.15) is 4.68 Å². The number of nitrogens with zero attached hydrogens (tertiary/aromatic N) is 3. The van der Waals surface area contributed by atoms with E-state index >= 15 is 0 Å². The summed E-state index contributed by atoms with van der Waals surface area (Å²) in [5.74, 6) is -1.84. The van der Waals surface area contributed by atoms with Crippen LogP contribution in [0.15, 0.2) is 33.5 Å². The van der Waals surface area contributed by atoms with Crippen molar-refractivity contribution < 1.29 is 18.4 Å². The highest BCUT2D eigenvalue weighted by atomic mass is 19.1. The van der Waals surface area contributed by atoms with Crippen molar-refractivity contribution in [3.05, 3.63) is 40.6 Å². The van der Waals surface area contributed by atoms with E-state index < -0.39 is 30.1 Å². The van der Waals surface area contributed by atoms with E-state index in [4.69, 9.17) is 4.42 Å². The molecule has 1 aliphatic heterocycles. The van der Waals surface area contributed by atoms with Gasteiger partial charge in [-0.15, -0.1) is 5.10 Å². The zero-order valence-electron chi connectivity index (χ0n) is 11.3. The van der Waals surface area contributed by atoms with E-state index in [1.165, 1.54) is 24.3 Å². The number of hydrogen-bond acceptors (Lipinski definition) is 5. The van der Waals surface area contributed by atoms with E-state index in [2.05, 4.69) is 10.4 Å². The Morgan fingerprint density at radius 3 is 2.68 bits per heavy atom. The SMILES string of the molecule is O=C(Cn1nc(-c2ccc(F)cc2)oc1=O)N1CCNC1=O. The van der Waals surface area contributed by atoms with Crippen LogP contribution in [0.1, 0.15) is 0 Å². The molecule has 114 valence electrons. The Morgan fingerprint density at radius 2 is 2.05 bits per heavy atom.